The van der Waals surface area contributed by atoms with Crippen LogP contribution in [-0.2, 0) is 6.42 Å². The van der Waals surface area contributed by atoms with Gasteiger partial charge in [-0.2, -0.15) is 0 Å². The lowest BCUT2D eigenvalue weighted by Crippen LogP contribution is -2.20. The summed E-state index contributed by atoms with van der Waals surface area (Å²) in [6.45, 7) is 0. The summed E-state index contributed by atoms with van der Waals surface area (Å²) in [5.74, 6) is 0. The number of nitrogens with one attached hydrogen (secondary N) is 1. The normalized spacial score (nSPS) is 12.7. The highest BCUT2D eigenvalue weighted by atomic mass is 16.3. The van der Waals surface area contributed by atoms with E-state index in [0.29, 0.717) is 0 Å². The molecule has 1 unspecified atom stereocenters. The number of hydrogen-bond donors (Lipinski definition) is 1. The van der Waals surface area contributed by atoms with Crippen LogP contribution in [0.2, 0.25) is 0 Å². The van der Waals surface area contributed by atoms with E-state index < -0.39 is 0 Å². The third-order valence-electron chi connectivity index (χ3n) is 3.40. The highest BCUT2D eigenvalue weighted by Gasteiger charge is 2.15. The van der Waals surface area contributed by atoms with Crippen LogP contribution in [0.1, 0.15) is 17.3 Å². The maximum absolute atomic E-state index is 5.14. The average Bonchev–Trinajstić information content (AvgIpc) is 2.97. The molecule has 3 rings (SSSR count). The first-order chi connectivity index (χ1) is 9.38. The molecule has 0 saturated carbocycles. The van der Waals surface area contributed by atoms with Crippen LogP contribution >= 0.6 is 0 Å². The van der Waals surface area contributed by atoms with Gasteiger partial charge in [-0.15, -0.1) is 0 Å². The molecule has 96 valence electrons. The fraction of sp³-hybridized carbons (Fsp3) is 0.188. The van der Waals surface area contributed by atoms with Crippen LogP contribution in [0, 0.1) is 0 Å². The zero-order chi connectivity index (χ0) is 13.1. The van der Waals surface area contributed by atoms with Gasteiger partial charge in [0.05, 0.1) is 24.3 Å². The summed E-state index contributed by atoms with van der Waals surface area (Å²) in [6, 6.07) is 12.6. The molecule has 0 radical (unpaired) electrons. The Bertz CT molecular complexity index is 656. The lowest BCUT2D eigenvalue weighted by molar-refractivity contribution is 0.549. The van der Waals surface area contributed by atoms with E-state index in [9.17, 15) is 0 Å². The van der Waals surface area contributed by atoms with Crippen LogP contribution in [0.5, 0.6) is 0 Å². The summed E-state index contributed by atoms with van der Waals surface area (Å²) in [6.07, 6.45) is 6.24. The Morgan fingerprint density at radius 3 is 2.89 bits per heavy atom. The molecule has 0 fully saturated rings. The van der Waals surface area contributed by atoms with Gasteiger partial charge in [0.2, 0.25) is 0 Å². The van der Waals surface area contributed by atoms with Crippen LogP contribution in [0.25, 0.3) is 10.8 Å². The Kier molecular flexibility index (Phi) is 3.29. The minimum absolute atomic E-state index is 0.184. The van der Waals surface area contributed by atoms with Crippen molar-refractivity contribution in [1.82, 2.24) is 10.3 Å². The van der Waals surface area contributed by atoms with E-state index in [1.165, 1.54) is 16.3 Å². The highest BCUT2D eigenvalue weighted by molar-refractivity contribution is 5.84. The van der Waals surface area contributed by atoms with Crippen LogP contribution in [0.3, 0.4) is 0 Å². The molecule has 0 aliphatic rings. The van der Waals surface area contributed by atoms with Gasteiger partial charge in [-0.1, -0.05) is 24.3 Å². The summed E-state index contributed by atoms with van der Waals surface area (Å²) < 4.78 is 5.14. The first kappa shape index (κ1) is 11.9. The summed E-state index contributed by atoms with van der Waals surface area (Å²) in [4.78, 5) is 4.57. The molecule has 0 aliphatic carbocycles. The molecule has 3 heteroatoms. The standard InChI is InChI=1S/C16H16N2O/c1-17-15(10-12-7-9-19-11-12)16-14-5-3-2-4-13(14)6-8-18-16/h2-9,11,15,17H,10H2,1H3. The van der Waals surface area contributed by atoms with Crippen molar-refractivity contribution in [2.75, 3.05) is 7.05 Å². The molecule has 3 nitrogen and oxygen atoms in total. The first-order valence-corrected chi connectivity index (χ1v) is 6.40. The maximum Gasteiger partial charge on any atom is 0.0935 e. The molecule has 3 aromatic rings. The van der Waals surface area contributed by atoms with E-state index >= 15 is 0 Å². The predicted octanol–water partition coefficient (Wildman–Crippen LogP) is 3.33. The molecule has 0 bridgehead atoms. The maximum atomic E-state index is 5.14. The van der Waals surface area contributed by atoms with E-state index in [0.717, 1.165) is 12.1 Å². The summed E-state index contributed by atoms with van der Waals surface area (Å²) >= 11 is 0. The number of rotatable bonds is 4. The summed E-state index contributed by atoms with van der Waals surface area (Å²) in [7, 11) is 1.97. The van der Waals surface area contributed by atoms with Crippen molar-refractivity contribution in [2.24, 2.45) is 0 Å². The largest absolute Gasteiger partial charge is 0.472 e. The van der Waals surface area contributed by atoms with E-state index in [1.807, 2.05) is 25.4 Å². The van der Waals surface area contributed by atoms with Crippen molar-refractivity contribution >= 4 is 10.8 Å². The van der Waals surface area contributed by atoms with E-state index in [1.54, 1.807) is 12.5 Å². The number of likely N-dealkylation sites (N-methyl/N-ethyl adjacent to an activating group) is 1. The van der Waals surface area contributed by atoms with Crippen molar-refractivity contribution in [2.45, 2.75) is 12.5 Å². The molecule has 0 aliphatic heterocycles. The highest BCUT2D eigenvalue weighted by Crippen LogP contribution is 2.24. The van der Waals surface area contributed by atoms with Crippen LogP contribution in [0.4, 0.5) is 0 Å². The smallest absolute Gasteiger partial charge is 0.0935 e. The number of aromatic nitrogens is 1. The number of pyridine rings is 1. The first-order valence-electron chi connectivity index (χ1n) is 6.40. The summed E-state index contributed by atoms with van der Waals surface area (Å²) in [5.41, 5.74) is 2.26. The second kappa shape index (κ2) is 5.24. The van der Waals surface area contributed by atoms with Crippen LogP contribution in [-0.4, -0.2) is 12.0 Å². The van der Waals surface area contributed by atoms with Gasteiger partial charge in [0.15, 0.2) is 0 Å². The quantitative estimate of drug-likeness (QED) is 0.774. The monoisotopic (exact) mass is 252 g/mol. The van der Waals surface area contributed by atoms with Gasteiger partial charge >= 0.3 is 0 Å². The van der Waals surface area contributed by atoms with E-state index in [4.69, 9.17) is 4.42 Å². The molecule has 0 saturated heterocycles. The van der Waals surface area contributed by atoms with Crippen LogP contribution in [0.15, 0.2) is 59.5 Å². The molecule has 1 atom stereocenters. The second-order valence-corrected chi connectivity index (χ2v) is 4.59. The zero-order valence-electron chi connectivity index (χ0n) is 10.8. The fourth-order valence-electron chi connectivity index (χ4n) is 2.40. The SMILES string of the molecule is CNC(Cc1ccoc1)c1nccc2ccccc12. The Hall–Kier alpha value is -2.13. The average molecular weight is 252 g/mol. The molecule has 1 aromatic carbocycles. The van der Waals surface area contributed by atoms with Gasteiger partial charge in [-0.25, -0.2) is 0 Å². The number of furan rings is 1. The van der Waals surface area contributed by atoms with Crippen molar-refractivity contribution in [1.29, 1.82) is 0 Å². The third-order valence-corrected chi connectivity index (χ3v) is 3.40. The van der Waals surface area contributed by atoms with Crippen molar-refractivity contribution in [3.63, 3.8) is 0 Å². The van der Waals surface area contributed by atoms with Gasteiger partial charge in [0.25, 0.3) is 0 Å². The molecule has 2 aromatic heterocycles. The van der Waals surface area contributed by atoms with Crippen molar-refractivity contribution in [3.05, 3.63) is 66.4 Å². The number of benzene rings is 1. The molecular weight excluding hydrogens is 236 g/mol. The molecule has 2 heterocycles. The molecule has 1 N–H and O–H groups in total. The third kappa shape index (κ3) is 2.37. The van der Waals surface area contributed by atoms with Crippen molar-refractivity contribution < 1.29 is 4.42 Å². The molecule has 0 amide bonds. The summed E-state index contributed by atoms with van der Waals surface area (Å²) in [5, 5.41) is 5.77. The van der Waals surface area contributed by atoms with Crippen molar-refractivity contribution in [3.8, 4) is 0 Å². The van der Waals surface area contributed by atoms with E-state index in [2.05, 4.69) is 34.6 Å². The molecule has 0 spiro atoms. The predicted molar refractivity (Wildman–Crippen MR) is 76.0 cm³/mol. The van der Waals surface area contributed by atoms with Gasteiger partial charge < -0.3 is 9.73 Å². The lowest BCUT2D eigenvalue weighted by Gasteiger charge is -2.16. The Morgan fingerprint density at radius 2 is 2.11 bits per heavy atom. The lowest BCUT2D eigenvalue weighted by atomic mass is 10.0. The minimum atomic E-state index is 0.184. The molecule has 19 heavy (non-hydrogen) atoms. The fourth-order valence-corrected chi connectivity index (χ4v) is 2.40. The van der Waals surface area contributed by atoms with Gasteiger partial charge in [-0.3, -0.25) is 4.98 Å². The Balaban J connectivity index is 2.01. The Labute approximate surface area is 112 Å². The second-order valence-electron chi connectivity index (χ2n) is 4.59. The Morgan fingerprint density at radius 1 is 1.21 bits per heavy atom. The zero-order valence-corrected chi connectivity index (χ0v) is 10.8. The van der Waals surface area contributed by atoms with Gasteiger partial charge in [0.1, 0.15) is 0 Å². The van der Waals surface area contributed by atoms with Gasteiger partial charge in [-0.05, 0) is 36.6 Å². The molecular formula is C16H16N2O. The van der Waals surface area contributed by atoms with Crippen LogP contribution < -0.4 is 5.32 Å². The number of nitrogens with zero attached hydrogens (tertiary/aromatic N) is 1. The van der Waals surface area contributed by atoms with E-state index in [-0.39, 0.29) is 6.04 Å². The van der Waals surface area contributed by atoms with Gasteiger partial charge in [0, 0.05) is 11.6 Å². The number of fused-ring (bicyclic) bond motifs is 1. The number of hydrogen-bond acceptors (Lipinski definition) is 3. The minimum Gasteiger partial charge on any atom is -0.472 e. The topological polar surface area (TPSA) is 38.1 Å².